The molecule has 0 bridgehead atoms. The predicted octanol–water partition coefficient (Wildman–Crippen LogP) is 3.25. The first-order chi connectivity index (χ1) is 8.61. The van der Waals surface area contributed by atoms with Gasteiger partial charge in [-0.25, -0.2) is 15.0 Å². The summed E-state index contributed by atoms with van der Waals surface area (Å²) >= 11 is 9.06. The van der Waals surface area contributed by atoms with Crippen LogP contribution >= 0.6 is 27.5 Å². The van der Waals surface area contributed by atoms with E-state index in [1.54, 1.807) is 18.3 Å². The summed E-state index contributed by atoms with van der Waals surface area (Å²) in [5.41, 5.74) is 2.03. The third kappa shape index (κ3) is 2.66. The lowest BCUT2D eigenvalue weighted by Crippen LogP contribution is -2.06. The van der Waals surface area contributed by atoms with Crippen LogP contribution in [0.5, 0.6) is 0 Å². The number of aryl methyl sites for hydroxylation is 1. The number of hydrogen-bond donors (Lipinski definition) is 0. The summed E-state index contributed by atoms with van der Waals surface area (Å²) in [5, 5.41) is 9.46. The molecular weight excluding hydrogens is 316 g/mol. The molecule has 90 valence electrons. The highest BCUT2D eigenvalue weighted by Crippen LogP contribution is 2.25. The van der Waals surface area contributed by atoms with E-state index in [2.05, 4.69) is 37.0 Å². The van der Waals surface area contributed by atoms with Crippen LogP contribution in [-0.4, -0.2) is 15.0 Å². The van der Waals surface area contributed by atoms with Crippen LogP contribution in [0, 0.1) is 18.3 Å². The van der Waals surface area contributed by atoms with Crippen molar-refractivity contribution in [3.8, 4) is 6.07 Å². The first kappa shape index (κ1) is 12.9. The molecule has 0 amide bonds. The normalized spacial score (nSPS) is 11.9. The van der Waals surface area contributed by atoms with Crippen LogP contribution < -0.4 is 0 Å². The Labute approximate surface area is 118 Å². The van der Waals surface area contributed by atoms with Crippen molar-refractivity contribution < 1.29 is 0 Å². The van der Waals surface area contributed by atoms with Gasteiger partial charge >= 0.3 is 0 Å². The molecule has 18 heavy (non-hydrogen) atoms. The fourth-order valence-corrected chi connectivity index (χ4v) is 2.07. The quantitative estimate of drug-likeness (QED) is 0.628. The number of nitriles is 1. The molecule has 2 heterocycles. The Morgan fingerprint density at radius 2 is 2.17 bits per heavy atom. The monoisotopic (exact) mass is 322 g/mol. The Balaban J connectivity index is 2.53. The van der Waals surface area contributed by atoms with Crippen molar-refractivity contribution in [3.05, 3.63) is 51.2 Å². The van der Waals surface area contributed by atoms with Crippen molar-refractivity contribution >= 4 is 27.5 Å². The molecule has 1 atom stereocenters. The summed E-state index contributed by atoms with van der Waals surface area (Å²) in [6, 6.07) is 7.62. The highest BCUT2D eigenvalue weighted by atomic mass is 79.9. The Morgan fingerprint density at radius 3 is 2.83 bits per heavy atom. The van der Waals surface area contributed by atoms with Crippen LogP contribution in [0.4, 0.5) is 0 Å². The van der Waals surface area contributed by atoms with Crippen LogP contribution in [0.2, 0.25) is 5.28 Å². The molecule has 2 rings (SSSR count). The first-order valence-corrected chi connectivity index (χ1v) is 6.30. The molecule has 2 aromatic rings. The minimum absolute atomic E-state index is 0.130. The van der Waals surface area contributed by atoms with Crippen LogP contribution in [0.1, 0.15) is 22.9 Å². The van der Waals surface area contributed by atoms with Crippen molar-refractivity contribution in [3.63, 3.8) is 0 Å². The summed E-state index contributed by atoms with van der Waals surface area (Å²) in [7, 11) is 0. The minimum atomic E-state index is -0.553. The number of pyridine rings is 1. The zero-order chi connectivity index (χ0) is 13.1. The second kappa shape index (κ2) is 5.42. The highest BCUT2D eigenvalue weighted by Gasteiger charge is 2.19. The van der Waals surface area contributed by atoms with Crippen LogP contribution in [0.15, 0.2) is 29.0 Å². The SMILES string of the molecule is Cc1cnc(Cl)nc1C(C#N)c1cccc(Br)n1. The molecule has 0 fully saturated rings. The van der Waals surface area contributed by atoms with Crippen molar-refractivity contribution in [2.75, 3.05) is 0 Å². The van der Waals surface area contributed by atoms with Gasteiger partial charge in [-0.05, 0) is 52.2 Å². The van der Waals surface area contributed by atoms with E-state index in [1.165, 1.54) is 0 Å². The van der Waals surface area contributed by atoms with E-state index in [-0.39, 0.29) is 5.28 Å². The predicted molar refractivity (Wildman–Crippen MR) is 71.2 cm³/mol. The van der Waals surface area contributed by atoms with Gasteiger partial charge < -0.3 is 0 Å². The lowest BCUT2D eigenvalue weighted by atomic mass is 9.99. The maximum atomic E-state index is 9.33. The standard InChI is InChI=1S/C12H8BrClN4/c1-7-6-16-12(14)18-11(7)8(5-15)9-3-2-4-10(13)17-9/h2-4,6,8H,1H3. The van der Waals surface area contributed by atoms with E-state index >= 15 is 0 Å². The third-order valence-electron chi connectivity index (χ3n) is 2.42. The molecule has 0 saturated carbocycles. The van der Waals surface area contributed by atoms with Gasteiger partial charge in [-0.2, -0.15) is 5.26 Å². The number of halogens is 2. The first-order valence-electron chi connectivity index (χ1n) is 5.13. The van der Waals surface area contributed by atoms with Gasteiger partial charge in [0.05, 0.1) is 17.5 Å². The van der Waals surface area contributed by atoms with Crippen molar-refractivity contribution in [2.45, 2.75) is 12.8 Å². The average molecular weight is 324 g/mol. The molecule has 0 spiro atoms. The highest BCUT2D eigenvalue weighted by molar-refractivity contribution is 9.10. The van der Waals surface area contributed by atoms with Gasteiger partial charge in [-0.15, -0.1) is 0 Å². The van der Waals surface area contributed by atoms with Gasteiger partial charge in [-0.1, -0.05) is 6.07 Å². The molecule has 0 aliphatic rings. The molecule has 6 heteroatoms. The molecule has 0 aromatic carbocycles. The second-order valence-electron chi connectivity index (χ2n) is 3.65. The van der Waals surface area contributed by atoms with Crippen molar-refractivity contribution in [1.82, 2.24) is 15.0 Å². The second-order valence-corrected chi connectivity index (χ2v) is 4.81. The van der Waals surface area contributed by atoms with Crippen LogP contribution in [-0.2, 0) is 0 Å². The van der Waals surface area contributed by atoms with E-state index in [9.17, 15) is 5.26 Å². The molecule has 0 saturated heterocycles. The lowest BCUT2D eigenvalue weighted by Gasteiger charge is -2.10. The Morgan fingerprint density at radius 1 is 1.39 bits per heavy atom. The molecule has 2 aromatic heterocycles. The number of aromatic nitrogens is 3. The molecular formula is C12H8BrClN4. The third-order valence-corrected chi connectivity index (χ3v) is 3.04. The van der Waals surface area contributed by atoms with Crippen molar-refractivity contribution in [1.29, 1.82) is 5.26 Å². The molecule has 0 radical (unpaired) electrons. The fourth-order valence-electron chi connectivity index (χ4n) is 1.58. The van der Waals surface area contributed by atoms with Gasteiger partial charge in [-0.3, -0.25) is 0 Å². The van der Waals surface area contributed by atoms with Gasteiger partial charge in [0.1, 0.15) is 10.5 Å². The van der Waals surface area contributed by atoms with Crippen molar-refractivity contribution in [2.24, 2.45) is 0 Å². The maximum Gasteiger partial charge on any atom is 0.222 e. The summed E-state index contributed by atoms with van der Waals surface area (Å²) in [5.74, 6) is -0.553. The zero-order valence-corrected chi connectivity index (χ0v) is 11.8. The lowest BCUT2D eigenvalue weighted by molar-refractivity contribution is 0.882. The molecule has 0 aliphatic carbocycles. The topological polar surface area (TPSA) is 62.5 Å². The van der Waals surface area contributed by atoms with E-state index < -0.39 is 5.92 Å². The van der Waals surface area contributed by atoms with Gasteiger partial charge in [0.15, 0.2) is 0 Å². The largest absolute Gasteiger partial charge is 0.244 e. The molecule has 1 unspecified atom stereocenters. The van der Waals surface area contributed by atoms with Crippen LogP contribution in [0.3, 0.4) is 0 Å². The number of hydrogen-bond acceptors (Lipinski definition) is 4. The zero-order valence-electron chi connectivity index (χ0n) is 9.43. The van der Waals surface area contributed by atoms with E-state index in [0.29, 0.717) is 16.0 Å². The number of nitrogens with zero attached hydrogens (tertiary/aromatic N) is 4. The molecule has 4 nitrogen and oxygen atoms in total. The van der Waals surface area contributed by atoms with Gasteiger partial charge in [0, 0.05) is 6.20 Å². The molecule has 0 N–H and O–H groups in total. The average Bonchev–Trinajstić information content (AvgIpc) is 2.35. The Kier molecular flexibility index (Phi) is 3.90. The van der Waals surface area contributed by atoms with Crippen LogP contribution in [0.25, 0.3) is 0 Å². The Bertz CT molecular complexity index is 624. The van der Waals surface area contributed by atoms with Gasteiger partial charge in [0.25, 0.3) is 0 Å². The summed E-state index contributed by atoms with van der Waals surface area (Å²) < 4.78 is 0.679. The molecule has 0 aliphatic heterocycles. The minimum Gasteiger partial charge on any atom is -0.244 e. The summed E-state index contributed by atoms with van der Waals surface area (Å²) in [6.07, 6.45) is 1.60. The summed E-state index contributed by atoms with van der Waals surface area (Å²) in [4.78, 5) is 12.3. The van der Waals surface area contributed by atoms with E-state index in [4.69, 9.17) is 11.6 Å². The summed E-state index contributed by atoms with van der Waals surface area (Å²) in [6.45, 7) is 1.84. The number of rotatable bonds is 2. The van der Waals surface area contributed by atoms with E-state index in [0.717, 1.165) is 5.56 Å². The Hall–Kier alpha value is -1.51. The fraction of sp³-hybridized carbons (Fsp3) is 0.167. The smallest absolute Gasteiger partial charge is 0.222 e. The van der Waals surface area contributed by atoms with E-state index in [1.807, 2.05) is 13.0 Å². The maximum absolute atomic E-state index is 9.33. The van der Waals surface area contributed by atoms with Gasteiger partial charge in [0.2, 0.25) is 5.28 Å².